The van der Waals surface area contributed by atoms with Gasteiger partial charge in [0, 0.05) is 6.54 Å². The van der Waals surface area contributed by atoms with Crippen LogP contribution >= 0.6 is 0 Å². The van der Waals surface area contributed by atoms with E-state index in [1.165, 1.54) is 11.3 Å². The van der Waals surface area contributed by atoms with Gasteiger partial charge in [-0.3, -0.25) is 0 Å². The Morgan fingerprint density at radius 1 is 1.05 bits per heavy atom. The molecular weight excluding hydrogens is 260 g/mol. The number of nitrogens with zero attached hydrogens (tertiary/aromatic N) is 1. The number of ether oxygens (including phenoxy) is 1. The summed E-state index contributed by atoms with van der Waals surface area (Å²) in [6.07, 6.45) is 1.97. The Morgan fingerprint density at radius 2 is 1.81 bits per heavy atom. The lowest BCUT2D eigenvalue weighted by molar-refractivity contribution is 0.322. The predicted octanol–water partition coefficient (Wildman–Crippen LogP) is 3.37. The highest BCUT2D eigenvalue weighted by Crippen LogP contribution is 2.37. The lowest BCUT2D eigenvalue weighted by atomic mass is 10.0. The molecule has 2 N–H and O–H groups in total. The Balaban J connectivity index is 1.99. The Bertz CT molecular complexity index is 570. The van der Waals surface area contributed by atoms with Crippen molar-refractivity contribution in [3.05, 3.63) is 60.2 Å². The molecule has 1 aliphatic rings. The Kier molecular flexibility index (Phi) is 4.41. The number of nitrogens with two attached hydrogens (primary N) is 1. The number of rotatable bonds is 4. The first-order valence-corrected chi connectivity index (χ1v) is 7.63. The summed E-state index contributed by atoms with van der Waals surface area (Å²) in [4.78, 5) is 2.45. The van der Waals surface area contributed by atoms with Gasteiger partial charge in [-0.25, -0.2) is 0 Å². The van der Waals surface area contributed by atoms with Crippen LogP contribution < -0.4 is 15.4 Å². The number of benzene rings is 2. The molecule has 1 heterocycles. The monoisotopic (exact) mass is 282 g/mol. The van der Waals surface area contributed by atoms with Crippen molar-refractivity contribution in [3.8, 4) is 5.75 Å². The fraction of sp³-hybridized carbons (Fsp3) is 0.333. The third-order valence-electron chi connectivity index (χ3n) is 3.98. The highest BCUT2D eigenvalue weighted by Gasteiger charge is 2.24. The van der Waals surface area contributed by atoms with Gasteiger partial charge in [-0.15, -0.1) is 0 Å². The molecule has 110 valence electrons. The quantitative estimate of drug-likeness (QED) is 0.934. The smallest absolute Gasteiger partial charge is 0.142 e. The van der Waals surface area contributed by atoms with E-state index in [1.54, 1.807) is 0 Å². The van der Waals surface area contributed by atoms with Gasteiger partial charge < -0.3 is 15.4 Å². The lowest BCUT2D eigenvalue weighted by Gasteiger charge is -2.33. The van der Waals surface area contributed by atoms with E-state index >= 15 is 0 Å². The molecule has 0 aromatic heterocycles. The van der Waals surface area contributed by atoms with Crippen LogP contribution in [0.3, 0.4) is 0 Å². The van der Waals surface area contributed by atoms with Crippen molar-refractivity contribution in [1.82, 2.24) is 0 Å². The molecule has 0 radical (unpaired) electrons. The molecule has 0 saturated heterocycles. The number of hydrogen-bond acceptors (Lipinski definition) is 3. The van der Waals surface area contributed by atoms with Crippen molar-refractivity contribution in [2.24, 2.45) is 5.73 Å². The predicted molar refractivity (Wildman–Crippen MR) is 86.8 cm³/mol. The van der Waals surface area contributed by atoms with E-state index in [0.29, 0.717) is 12.6 Å². The normalized spacial score (nSPS) is 15.8. The minimum absolute atomic E-state index is 0.305. The van der Waals surface area contributed by atoms with Gasteiger partial charge in [0.15, 0.2) is 0 Å². The summed E-state index contributed by atoms with van der Waals surface area (Å²) in [5.41, 5.74) is 8.37. The first kappa shape index (κ1) is 14.0. The van der Waals surface area contributed by atoms with Crippen molar-refractivity contribution < 1.29 is 4.74 Å². The molecule has 3 heteroatoms. The Hall–Kier alpha value is -2.00. The zero-order valence-corrected chi connectivity index (χ0v) is 12.2. The molecule has 1 aliphatic heterocycles. The van der Waals surface area contributed by atoms with E-state index in [2.05, 4.69) is 53.4 Å². The summed E-state index contributed by atoms with van der Waals surface area (Å²) < 4.78 is 5.87. The molecule has 0 bridgehead atoms. The summed E-state index contributed by atoms with van der Waals surface area (Å²) in [5.74, 6) is 0.980. The average Bonchev–Trinajstić information content (AvgIpc) is 2.76. The highest BCUT2D eigenvalue weighted by atomic mass is 16.5. The minimum atomic E-state index is 0.305. The van der Waals surface area contributed by atoms with Gasteiger partial charge in [-0.1, -0.05) is 42.5 Å². The Labute approximate surface area is 126 Å². The second kappa shape index (κ2) is 6.64. The second-order valence-corrected chi connectivity index (χ2v) is 5.37. The average molecular weight is 282 g/mol. The van der Waals surface area contributed by atoms with Gasteiger partial charge in [-0.2, -0.15) is 0 Å². The fourth-order valence-corrected chi connectivity index (χ4v) is 3.01. The molecule has 0 amide bonds. The summed E-state index contributed by atoms with van der Waals surface area (Å²) in [5, 5.41) is 0. The second-order valence-electron chi connectivity index (χ2n) is 5.37. The topological polar surface area (TPSA) is 38.5 Å². The van der Waals surface area contributed by atoms with Crippen molar-refractivity contribution in [2.45, 2.75) is 18.9 Å². The van der Waals surface area contributed by atoms with Crippen LogP contribution in [0.25, 0.3) is 0 Å². The van der Waals surface area contributed by atoms with Crippen molar-refractivity contribution >= 4 is 5.69 Å². The number of hydrogen-bond donors (Lipinski definition) is 1. The van der Waals surface area contributed by atoms with Gasteiger partial charge in [0.25, 0.3) is 0 Å². The zero-order valence-electron chi connectivity index (χ0n) is 12.2. The van der Waals surface area contributed by atoms with Crippen LogP contribution in [0.5, 0.6) is 5.75 Å². The van der Waals surface area contributed by atoms with Gasteiger partial charge in [0.05, 0.1) is 18.3 Å². The van der Waals surface area contributed by atoms with Crippen LogP contribution in [0.1, 0.15) is 24.4 Å². The summed E-state index contributed by atoms with van der Waals surface area (Å²) in [7, 11) is 0. The third kappa shape index (κ3) is 3.03. The molecule has 2 aromatic carbocycles. The first-order valence-electron chi connectivity index (χ1n) is 7.63. The van der Waals surface area contributed by atoms with E-state index in [1.807, 2.05) is 6.07 Å². The van der Waals surface area contributed by atoms with E-state index in [0.717, 1.165) is 31.7 Å². The molecule has 0 spiro atoms. The standard InChI is InChI=1S/C18H22N2O/c19-12-11-16(15-7-2-1-3-8-15)20-13-6-14-21-18-10-5-4-9-17(18)20/h1-5,7-10,16H,6,11-14,19H2. The minimum Gasteiger partial charge on any atom is -0.491 e. The first-order chi connectivity index (χ1) is 10.4. The maximum atomic E-state index is 5.87. The number of para-hydroxylation sites is 2. The van der Waals surface area contributed by atoms with Gasteiger partial charge in [0.2, 0.25) is 0 Å². The lowest BCUT2D eigenvalue weighted by Crippen LogP contribution is -2.31. The van der Waals surface area contributed by atoms with Gasteiger partial charge in [-0.05, 0) is 37.1 Å². The maximum Gasteiger partial charge on any atom is 0.142 e. The highest BCUT2D eigenvalue weighted by molar-refractivity contribution is 5.60. The zero-order chi connectivity index (χ0) is 14.5. The van der Waals surface area contributed by atoms with Crippen LogP contribution in [0.15, 0.2) is 54.6 Å². The van der Waals surface area contributed by atoms with Crippen molar-refractivity contribution in [2.75, 3.05) is 24.6 Å². The molecule has 1 atom stereocenters. The van der Waals surface area contributed by atoms with E-state index in [9.17, 15) is 0 Å². The number of fused-ring (bicyclic) bond motifs is 1. The van der Waals surface area contributed by atoms with Gasteiger partial charge in [0.1, 0.15) is 5.75 Å². The number of anilines is 1. The van der Waals surface area contributed by atoms with Crippen LogP contribution in [0.4, 0.5) is 5.69 Å². The van der Waals surface area contributed by atoms with Crippen LogP contribution in [0.2, 0.25) is 0 Å². The molecule has 1 unspecified atom stereocenters. The van der Waals surface area contributed by atoms with Gasteiger partial charge >= 0.3 is 0 Å². The summed E-state index contributed by atoms with van der Waals surface area (Å²) in [6, 6.07) is 19.2. The van der Waals surface area contributed by atoms with Crippen molar-refractivity contribution in [1.29, 1.82) is 0 Å². The van der Waals surface area contributed by atoms with Crippen molar-refractivity contribution in [3.63, 3.8) is 0 Å². The van der Waals surface area contributed by atoms with E-state index < -0.39 is 0 Å². The molecule has 3 nitrogen and oxygen atoms in total. The summed E-state index contributed by atoms with van der Waals surface area (Å²) in [6.45, 7) is 2.45. The Morgan fingerprint density at radius 3 is 2.62 bits per heavy atom. The molecule has 0 saturated carbocycles. The van der Waals surface area contributed by atoms with Crippen LogP contribution in [0, 0.1) is 0 Å². The largest absolute Gasteiger partial charge is 0.491 e. The molecule has 21 heavy (non-hydrogen) atoms. The maximum absolute atomic E-state index is 5.87. The van der Waals surface area contributed by atoms with Crippen LogP contribution in [-0.4, -0.2) is 19.7 Å². The SMILES string of the molecule is NCCC(c1ccccc1)N1CCCOc2ccccc21. The molecule has 2 aromatic rings. The third-order valence-corrected chi connectivity index (χ3v) is 3.98. The summed E-state index contributed by atoms with van der Waals surface area (Å²) >= 11 is 0. The molecular formula is C18H22N2O. The fourth-order valence-electron chi connectivity index (χ4n) is 3.01. The van der Waals surface area contributed by atoms with E-state index in [-0.39, 0.29) is 0 Å². The van der Waals surface area contributed by atoms with Crippen LogP contribution in [-0.2, 0) is 0 Å². The van der Waals surface area contributed by atoms with E-state index in [4.69, 9.17) is 10.5 Å². The molecule has 3 rings (SSSR count). The molecule has 0 fully saturated rings. The molecule has 0 aliphatic carbocycles.